The second-order valence-corrected chi connectivity index (χ2v) is 4.08. The second kappa shape index (κ2) is 6.47. The van der Waals surface area contributed by atoms with Crippen molar-refractivity contribution in [2.45, 2.75) is 12.8 Å². The molecule has 1 aliphatic rings. The molecule has 18 heavy (non-hydrogen) atoms. The zero-order valence-corrected chi connectivity index (χ0v) is 14.8. The summed E-state index contributed by atoms with van der Waals surface area (Å²) in [6.45, 7) is 0. The molecule has 1 aliphatic carbocycles. The van der Waals surface area contributed by atoms with E-state index in [1.165, 1.54) is 0 Å². The fraction of sp³-hybridized carbons (Fsp3) is 0.143. The smallest absolute Gasteiger partial charge is 0.127 e. The fourth-order valence-corrected chi connectivity index (χ4v) is 2.35. The van der Waals surface area contributed by atoms with Gasteiger partial charge >= 0.3 is 0 Å². The molecule has 2 aromatic carbocycles. The molecule has 0 amide bonds. The molecule has 2 aromatic rings. The van der Waals surface area contributed by atoms with Crippen molar-refractivity contribution in [3.8, 4) is 11.5 Å². The normalized spacial score (nSPS) is 12.4. The van der Waals surface area contributed by atoms with Gasteiger partial charge in [0.15, 0.2) is 0 Å². The molecule has 0 spiro atoms. The number of rotatable bonds is 0. The molecule has 0 aromatic heterocycles. The van der Waals surface area contributed by atoms with E-state index in [1.54, 1.807) is 0 Å². The maximum atomic E-state index is 10.2. The van der Waals surface area contributed by atoms with Crippen LogP contribution in [-0.4, -0.2) is 69.3 Å². The van der Waals surface area contributed by atoms with Crippen molar-refractivity contribution in [1.29, 1.82) is 0 Å². The van der Waals surface area contributed by atoms with Crippen LogP contribution in [-0.2, 0) is 12.8 Å². The molecule has 0 heterocycles. The minimum Gasteiger partial charge on any atom is -0.507 e. The van der Waals surface area contributed by atoms with Crippen molar-refractivity contribution >= 4 is 69.9 Å². The Morgan fingerprint density at radius 1 is 0.722 bits per heavy atom. The van der Waals surface area contributed by atoms with Crippen LogP contribution in [0.5, 0.6) is 11.5 Å². The van der Waals surface area contributed by atoms with Crippen molar-refractivity contribution in [3.05, 3.63) is 47.5 Å². The Kier molecular flexibility index (Phi) is 5.78. The minimum atomic E-state index is 0. The van der Waals surface area contributed by atoms with Gasteiger partial charge in [0.2, 0.25) is 0 Å². The molecular formula is C14H12Na2O2. The van der Waals surface area contributed by atoms with Crippen LogP contribution >= 0.6 is 0 Å². The van der Waals surface area contributed by atoms with Gasteiger partial charge in [-0.3, -0.25) is 0 Å². The topological polar surface area (TPSA) is 40.5 Å². The van der Waals surface area contributed by atoms with Crippen molar-refractivity contribution in [2.75, 3.05) is 0 Å². The molecule has 0 unspecified atom stereocenters. The molecule has 3 rings (SSSR count). The van der Waals surface area contributed by atoms with E-state index in [-0.39, 0.29) is 59.1 Å². The predicted octanol–water partition coefficient (Wildman–Crippen LogP) is 2.14. The summed E-state index contributed by atoms with van der Waals surface area (Å²) in [6.07, 6.45) is 5.44. The van der Waals surface area contributed by atoms with Gasteiger partial charge in [0.25, 0.3) is 0 Å². The Morgan fingerprint density at radius 3 is 1.50 bits per heavy atom. The van der Waals surface area contributed by atoms with Gasteiger partial charge < -0.3 is 10.2 Å². The van der Waals surface area contributed by atoms with Crippen LogP contribution in [0.3, 0.4) is 0 Å². The van der Waals surface area contributed by atoms with Crippen LogP contribution in [0, 0.1) is 0 Å². The average Bonchev–Trinajstić information content (AvgIpc) is 2.36. The molecule has 2 radical (unpaired) electrons. The quantitative estimate of drug-likeness (QED) is 0.432. The Morgan fingerprint density at radius 2 is 1.11 bits per heavy atom. The summed E-state index contributed by atoms with van der Waals surface area (Å²) >= 11 is 0. The van der Waals surface area contributed by atoms with Crippen LogP contribution in [0.1, 0.15) is 11.1 Å². The number of phenols is 2. The number of benzene rings is 2. The maximum Gasteiger partial charge on any atom is 0.127 e. The molecule has 2 N–H and O–H groups in total. The standard InChI is InChI=1S/C14H12O2.2Na/c15-13-9-5-1-2-6-10(9)14(16)12-8-4-3-7-11(12)13;;/h1-6,15-16H,7-8H2;;. The van der Waals surface area contributed by atoms with Gasteiger partial charge in [-0.15, -0.1) is 0 Å². The van der Waals surface area contributed by atoms with E-state index in [2.05, 4.69) is 0 Å². The van der Waals surface area contributed by atoms with Crippen LogP contribution in [0.4, 0.5) is 0 Å². The zero-order chi connectivity index (χ0) is 11.1. The molecule has 82 valence electrons. The second-order valence-electron chi connectivity index (χ2n) is 4.08. The number of allylic oxidation sites excluding steroid dienone is 2. The first-order valence-electron chi connectivity index (χ1n) is 5.38. The third kappa shape index (κ3) is 2.51. The third-order valence-electron chi connectivity index (χ3n) is 3.18. The summed E-state index contributed by atoms with van der Waals surface area (Å²) in [7, 11) is 0. The first-order chi connectivity index (χ1) is 7.79. The van der Waals surface area contributed by atoms with E-state index < -0.39 is 0 Å². The van der Waals surface area contributed by atoms with Gasteiger partial charge in [-0.1, -0.05) is 36.4 Å². The van der Waals surface area contributed by atoms with Crippen molar-refractivity contribution in [2.24, 2.45) is 0 Å². The Bertz CT molecular complexity index is 554. The Labute approximate surface area is 150 Å². The van der Waals surface area contributed by atoms with Crippen LogP contribution in [0.15, 0.2) is 36.4 Å². The first kappa shape index (κ1) is 16.1. The van der Waals surface area contributed by atoms with E-state index in [9.17, 15) is 10.2 Å². The van der Waals surface area contributed by atoms with Crippen molar-refractivity contribution < 1.29 is 10.2 Å². The number of fused-ring (bicyclic) bond motifs is 2. The summed E-state index contributed by atoms with van der Waals surface area (Å²) in [5.74, 6) is 0.625. The molecule has 4 heteroatoms. The summed E-state index contributed by atoms with van der Waals surface area (Å²) in [4.78, 5) is 0. The van der Waals surface area contributed by atoms with Gasteiger partial charge in [0.1, 0.15) is 11.5 Å². The van der Waals surface area contributed by atoms with Gasteiger partial charge in [0, 0.05) is 81.0 Å². The number of phenolic OH excluding ortho intramolecular Hbond substituents is 2. The summed E-state index contributed by atoms with van der Waals surface area (Å²) in [6, 6.07) is 7.41. The van der Waals surface area contributed by atoms with Crippen molar-refractivity contribution in [1.82, 2.24) is 0 Å². The van der Waals surface area contributed by atoms with E-state index in [1.807, 2.05) is 36.4 Å². The molecule has 0 saturated carbocycles. The fourth-order valence-electron chi connectivity index (χ4n) is 2.35. The Hall–Kier alpha value is 0.0400. The third-order valence-corrected chi connectivity index (χ3v) is 3.18. The summed E-state index contributed by atoms with van der Waals surface area (Å²) in [5, 5.41) is 21.8. The summed E-state index contributed by atoms with van der Waals surface area (Å²) < 4.78 is 0. The van der Waals surface area contributed by atoms with Crippen LogP contribution in [0.25, 0.3) is 10.8 Å². The van der Waals surface area contributed by atoms with E-state index in [0.29, 0.717) is 24.3 Å². The molecule has 0 atom stereocenters. The predicted molar refractivity (Wildman–Crippen MR) is 75.3 cm³/mol. The largest absolute Gasteiger partial charge is 0.507 e. The maximum absolute atomic E-state index is 10.2. The average molecular weight is 258 g/mol. The van der Waals surface area contributed by atoms with Gasteiger partial charge in [0.05, 0.1) is 0 Å². The van der Waals surface area contributed by atoms with Crippen LogP contribution < -0.4 is 0 Å². The monoisotopic (exact) mass is 258 g/mol. The molecule has 0 fully saturated rings. The van der Waals surface area contributed by atoms with Crippen molar-refractivity contribution in [3.63, 3.8) is 0 Å². The molecule has 0 aliphatic heterocycles. The number of aromatic hydroxyl groups is 2. The van der Waals surface area contributed by atoms with Gasteiger partial charge in [-0.25, -0.2) is 0 Å². The van der Waals surface area contributed by atoms with E-state index >= 15 is 0 Å². The molecule has 0 saturated heterocycles. The van der Waals surface area contributed by atoms with Gasteiger partial charge in [-0.05, 0) is 12.8 Å². The van der Waals surface area contributed by atoms with E-state index in [0.717, 1.165) is 21.9 Å². The van der Waals surface area contributed by atoms with E-state index in [4.69, 9.17) is 0 Å². The first-order valence-corrected chi connectivity index (χ1v) is 5.38. The minimum absolute atomic E-state index is 0. The molecule has 0 bridgehead atoms. The van der Waals surface area contributed by atoms with Crippen LogP contribution in [0.2, 0.25) is 0 Å². The zero-order valence-electron chi connectivity index (χ0n) is 10.8. The number of hydrogen-bond acceptors (Lipinski definition) is 2. The SMILES string of the molecule is Oc1c2c(c(O)c3ccccc13)CC=CC2.[Na].[Na]. The Balaban J connectivity index is 0.000000810. The number of hydrogen-bond donors (Lipinski definition) is 2. The summed E-state index contributed by atoms with van der Waals surface area (Å²) in [5.41, 5.74) is 1.72. The molecule has 2 nitrogen and oxygen atoms in total. The molecular weight excluding hydrogens is 246 g/mol. The van der Waals surface area contributed by atoms with Gasteiger partial charge in [-0.2, -0.15) is 0 Å².